The predicted molar refractivity (Wildman–Crippen MR) is 125 cm³/mol. The van der Waals surface area contributed by atoms with E-state index in [1.807, 2.05) is 47.7 Å². The Kier molecular flexibility index (Phi) is 6.60. The van der Waals surface area contributed by atoms with Crippen molar-refractivity contribution >= 4 is 46.1 Å². The van der Waals surface area contributed by atoms with Crippen molar-refractivity contribution in [1.82, 2.24) is 4.90 Å². The van der Waals surface area contributed by atoms with Gasteiger partial charge in [0, 0.05) is 21.8 Å². The number of esters is 1. The Balaban J connectivity index is 1.65. The minimum atomic E-state index is -0.368. The van der Waals surface area contributed by atoms with E-state index in [0.29, 0.717) is 33.7 Å². The van der Waals surface area contributed by atoms with Crippen LogP contribution < -0.4 is 4.74 Å². The third-order valence-corrected chi connectivity index (χ3v) is 6.41. The van der Waals surface area contributed by atoms with Gasteiger partial charge in [-0.15, -0.1) is 0 Å². The van der Waals surface area contributed by atoms with Gasteiger partial charge in [0.2, 0.25) is 0 Å². The SMILES string of the molecule is CCOC(=O)C1=C(C)N=C2SC=CN2[C@@H]1c1cccc(OCc2c(Cl)cccc2Cl)c1. The van der Waals surface area contributed by atoms with Gasteiger partial charge < -0.3 is 14.4 Å². The summed E-state index contributed by atoms with van der Waals surface area (Å²) in [4.78, 5) is 19.3. The van der Waals surface area contributed by atoms with Gasteiger partial charge in [-0.2, -0.15) is 0 Å². The fourth-order valence-electron chi connectivity index (χ4n) is 3.50. The minimum absolute atomic E-state index is 0.235. The number of fused-ring (bicyclic) bond motifs is 1. The third kappa shape index (κ3) is 4.47. The molecule has 0 unspecified atom stereocenters. The summed E-state index contributed by atoms with van der Waals surface area (Å²) in [6.07, 6.45) is 1.93. The van der Waals surface area contributed by atoms with Crippen LogP contribution in [0.4, 0.5) is 0 Å². The normalized spacial score (nSPS) is 17.5. The lowest BCUT2D eigenvalue weighted by Gasteiger charge is -2.33. The summed E-state index contributed by atoms with van der Waals surface area (Å²) >= 11 is 14.0. The largest absolute Gasteiger partial charge is 0.489 e. The molecule has 0 amide bonds. The predicted octanol–water partition coefficient (Wildman–Crippen LogP) is 6.34. The van der Waals surface area contributed by atoms with Crippen molar-refractivity contribution in [3.8, 4) is 5.75 Å². The van der Waals surface area contributed by atoms with Crippen molar-refractivity contribution in [1.29, 1.82) is 0 Å². The van der Waals surface area contributed by atoms with E-state index in [4.69, 9.17) is 32.7 Å². The molecular weight excluding hydrogens is 455 g/mol. The van der Waals surface area contributed by atoms with E-state index in [1.54, 1.807) is 25.1 Å². The van der Waals surface area contributed by atoms with E-state index in [0.717, 1.165) is 16.3 Å². The molecule has 160 valence electrons. The van der Waals surface area contributed by atoms with Gasteiger partial charge in [-0.1, -0.05) is 53.2 Å². The second-order valence-corrected chi connectivity index (χ2v) is 8.58. The van der Waals surface area contributed by atoms with Crippen LogP contribution in [0, 0.1) is 0 Å². The minimum Gasteiger partial charge on any atom is -0.489 e. The number of ether oxygens (including phenoxy) is 2. The van der Waals surface area contributed by atoms with Crippen LogP contribution in [-0.4, -0.2) is 22.6 Å². The van der Waals surface area contributed by atoms with Gasteiger partial charge >= 0.3 is 5.97 Å². The number of rotatable bonds is 6. The third-order valence-electron chi connectivity index (χ3n) is 4.93. The highest BCUT2D eigenvalue weighted by Crippen LogP contribution is 2.41. The smallest absolute Gasteiger partial charge is 0.338 e. The Bertz CT molecular complexity index is 1090. The first-order valence-electron chi connectivity index (χ1n) is 9.73. The highest BCUT2D eigenvalue weighted by Gasteiger charge is 2.37. The summed E-state index contributed by atoms with van der Waals surface area (Å²) in [6, 6.07) is 12.6. The van der Waals surface area contributed by atoms with Crippen LogP contribution in [0.1, 0.15) is 31.0 Å². The topological polar surface area (TPSA) is 51.1 Å². The maximum atomic E-state index is 12.8. The van der Waals surface area contributed by atoms with Crippen LogP contribution >= 0.6 is 35.0 Å². The number of amidine groups is 1. The molecule has 0 spiro atoms. The van der Waals surface area contributed by atoms with Gasteiger partial charge in [0.1, 0.15) is 12.4 Å². The van der Waals surface area contributed by atoms with Crippen LogP contribution in [0.25, 0.3) is 0 Å². The van der Waals surface area contributed by atoms with Gasteiger partial charge in [0.15, 0.2) is 5.17 Å². The standard InChI is InChI=1S/C23H20Cl2N2O3S/c1-3-29-22(28)20-14(2)26-23-27(10-11-31-23)21(20)15-6-4-7-16(12-15)30-13-17-18(24)8-5-9-19(17)25/h4-12,21H,3,13H2,1-2H3/t21-/m1/s1. The zero-order valence-corrected chi connectivity index (χ0v) is 19.3. The molecule has 4 rings (SSSR count). The number of allylic oxidation sites excluding steroid dienone is 1. The molecule has 0 saturated heterocycles. The Morgan fingerprint density at radius 1 is 1.19 bits per heavy atom. The maximum Gasteiger partial charge on any atom is 0.338 e. The van der Waals surface area contributed by atoms with E-state index in [1.165, 1.54) is 11.8 Å². The summed E-state index contributed by atoms with van der Waals surface area (Å²) in [7, 11) is 0. The number of halogens is 2. The Morgan fingerprint density at radius 2 is 1.94 bits per heavy atom. The number of thioether (sulfide) groups is 1. The lowest BCUT2D eigenvalue weighted by Crippen LogP contribution is -2.34. The molecule has 0 aromatic heterocycles. The number of hydrogen-bond acceptors (Lipinski definition) is 6. The average Bonchev–Trinajstić information content (AvgIpc) is 3.20. The van der Waals surface area contributed by atoms with Crippen LogP contribution in [0.3, 0.4) is 0 Å². The van der Waals surface area contributed by atoms with Crippen molar-refractivity contribution in [2.45, 2.75) is 26.5 Å². The highest BCUT2D eigenvalue weighted by atomic mass is 35.5. The molecule has 0 N–H and O–H groups in total. The van der Waals surface area contributed by atoms with Crippen LogP contribution in [0.2, 0.25) is 10.0 Å². The van der Waals surface area contributed by atoms with Gasteiger partial charge in [-0.3, -0.25) is 0 Å². The van der Waals surface area contributed by atoms with Crippen LogP contribution in [0.15, 0.2) is 70.3 Å². The van der Waals surface area contributed by atoms with Crippen molar-refractivity contribution in [3.63, 3.8) is 0 Å². The van der Waals surface area contributed by atoms with Gasteiger partial charge in [-0.25, -0.2) is 9.79 Å². The van der Waals surface area contributed by atoms with E-state index < -0.39 is 0 Å². The number of aliphatic imine (C=N–C) groups is 1. The van der Waals surface area contributed by atoms with Crippen molar-refractivity contribution < 1.29 is 14.3 Å². The van der Waals surface area contributed by atoms with Gasteiger partial charge in [0.25, 0.3) is 0 Å². The molecule has 0 aliphatic carbocycles. The molecule has 2 aliphatic heterocycles. The quantitative estimate of drug-likeness (QED) is 0.457. The van der Waals surface area contributed by atoms with Crippen LogP contribution in [-0.2, 0) is 16.1 Å². The van der Waals surface area contributed by atoms with Crippen molar-refractivity contribution in [3.05, 3.63) is 86.5 Å². The van der Waals surface area contributed by atoms with Gasteiger partial charge in [0.05, 0.1) is 23.9 Å². The second kappa shape index (κ2) is 9.39. The fourth-order valence-corrected chi connectivity index (χ4v) is 4.80. The molecule has 0 radical (unpaired) electrons. The number of benzene rings is 2. The van der Waals surface area contributed by atoms with Crippen molar-refractivity contribution in [2.75, 3.05) is 6.61 Å². The summed E-state index contributed by atoms with van der Waals surface area (Å²) in [6.45, 7) is 4.16. The Hall–Kier alpha value is -2.41. The lowest BCUT2D eigenvalue weighted by atomic mass is 9.94. The molecule has 2 aliphatic rings. The Labute approximate surface area is 195 Å². The molecule has 0 bridgehead atoms. The highest BCUT2D eigenvalue weighted by molar-refractivity contribution is 8.16. The summed E-state index contributed by atoms with van der Waals surface area (Å²) in [5, 5.41) is 3.88. The summed E-state index contributed by atoms with van der Waals surface area (Å²) < 4.78 is 11.3. The monoisotopic (exact) mass is 474 g/mol. The molecule has 2 aromatic carbocycles. The molecule has 0 fully saturated rings. The second-order valence-electron chi connectivity index (χ2n) is 6.89. The summed E-state index contributed by atoms with van der Waals surface area (Å²) in [5.41, 5.74) is 2.79. The Morgan fingerprint density at radius 3 is 2.68 bits per heavy atom. The van der Waals surface area contributed by atoms with E-state index in [-0.39, 0.29) is 18.6 Å². The first-order chi connectivity index (χ1) is 15.0. The van der Waals surface area contributed by atoms with Crippen LogP contribution in [0.5, 0.6) is 5.75 Å². The lowest BCUT2D eigenvalue weighted by molar-refractivity contribution is -0.139. The van der Waals surface area contributed by atoms with E-state index >= 15 is 0 Å². The molecule has 1 atom stereocenters. The van der Waals surface area contributed by atoms with E-state index in [9.17, 15) is 4.79 Å². The van der Waals surface area contributed by atoms with Crippen molar-refractivity contribution in [2.24, 2.45) is 4.99 Å². The fraction of sp³-hybridized carbons (Fsp3) is 0.217. The zero-order valence-electron chi connectivity index (χ0n) is 17.0. The molecule has 8 heteroatoms. The number of carbonyl (C=O) groups is 1. The van der Waals surface area contributed by atoms with E-state index in [2.05, 4.69) is 4.99 Å². The molecule has 0 saturated carbocycles. The zero-order chi connectivity index (χ0) is 22.0. The number of hydrogen-bond donors (Lipinski definition) is 0. The first kappa shape index (κ1) is 21.8. The number of carbonyl (C=O) groups excluding carboxylic acids is 1. The maximum absolute atomic E-state index is 12.8. The molecule has 2 aromatic rings. The molecular formula is C23H20Cl2N2O3S. The number of nitrogens with zero attached hydrogens (tertiary/aromatic N) is 2. The summed E-state index contributed by atoms with van der Waals surface area (Å²) in [5.74, 6) is 0.279. The first-order valence-corrected chi connectivity index (χ1v) is 11.4. The molecule has 31 heavy (non-hydrogen) atoms. The molecule has 5 nitrogen and oxygen atoms in total. The van der Waals surface area contributed by atoms with Gasteiger partial charge in [-0.05, 0) is 49.1 Å². The average molecular weight is 475 g/mol. The molecule has 2 heterocycles.